The normalized spacial score (nSPS) is 10.7. The molecule has 0 saturated heterocycles. The van der Waals surface area contributed by atoms with Crippen molar-refractivity contribution < 1.29 is 0 Å². The van der Waals surface area contributed by atoms with Gasteiger partial charge in [0.25, 0.3) is 0 Å². The summed E-state index contributed by atoms with van der Waals surface area (Å²) in [5.41, 5.74) is 4.76. The summed E-state index contributed by atoms with van der Waals surface area (Å²) in [7, 11) is 1.99. The molecule has 0 radical (unpaired) electrons. The average molecular weight is 326 g/mol. The Kier molecular flexibility index (Phi) is 3.07. The zero-order chi connectivity index (χ0) is 14.3. The van der Waals surface area contributed by atoms with Crippen LogP contribution in [0.2, 0.25) is 0 Å². The topological polar surface area (TPSA) is 41.6 Å². The zero-order valence-corrected chi connectivity index (χ0v) is 12.8. The summed E-state index contributed by atoms with van der Waals surface area (Å²) in [4.78, 5) is 4.66. The van der Waals surface area contributed by atoms with Crippen molar-refractivity contribution in [3.8, 4) is 17.5 Å². The number of aromatic nitrogens is 2. The fourth-order valence-corrected chi connectivity index (χ4v) is 2.56. The summed E-state index contributed by atoms with van der Waals surface area (Å²) < 4.78 is 3.14. The van der Waals surface area contributed by atoms with Crippen molar-refractivity contribution in [2.75, 3.05) is 0 Å². The Hall–Kier alpha value is -2.12. The van der Waals surface area contributed by atoms with Gasteiger partial charge in [0, 0.05) is 17.1 Å². The minimum Gasteiger partial charge on any atom is -0.327 e. The molecule has 1 aromatic heterocycles. The van der Waals surface area contributed by atoms with Crippen LogP contribution in [0.25, 0.3) is 22.4 Å². The van der Waals surface area contributed by atoms with E-state index in [1.165, 1.54) is 5.56 Å². The first-order valence-electron chi connectivity index (χ1n) is 6.23. The molecule has 0 unspecified atom stereocenters. The summed E-state index contributed by atoms with van der Waals surface area (Å²) in [5, 5.41) is 8.97. The third-order valence-corrected chi connectivity index (χ3v) is 4.32. The number of hydrogen-bond acceptors (Lipinski definition) is 2. The van der Waals surface area contributed by atoms with Gasteiger partial charge in [-0.05, 0) is 42.8 Å². The van der Waals surface area contributed by atoms with Gasteiger partial charge in [-0.2, -0.15) is 5.26 Å². The van der Waals surface area contributed by atoms with E-state index in [9.17, 15) is 0 Å². The molecule has 0 saturated carbocycles. The monoisotopic (exact) mass is 325 g/mol. The number of aryl methyl sites for hydroxylation is 2. The predicted octanol–water partition coefficient (Wildman–Crippen LogP) is 4.18. The highest BCUT2D eigenvalue weighted by Gasteiger charge is 2.11. The first-order chi connectivity index (χ1) is 9.60. The van der Waals surface area contributed by atoms with Crippen LogP contribution in [0.15, 0.2) is 40.9 Å². The van der Waals surface area contributed by atoms with E-state index < -0.39 is 0 Å². The molecule has 0 aliphatic rings. The smallest absolute Gasteiger partial charge is 0.140 e. The summed E-state index contributed by atoms with van der Waals surface area (Å²) in [6.45, 7) is 2.06. The summed E-state index contributed by atoms with van der Waals surface area (Å²) in [5.74, 6) is 0.908. The molecule has 0 N–H and O–H groups in total. The van der Waals surface area contributed by atoms with Gasteiger partial charge in [0.2, 0.25) is 0 Å². The first kappa shape index (κ1) is 12.9. The van der Waals surface area contributed by atoms with Crippen LogP contribution in [0, 0.1) is 18.3 Å². The molecule has 1 heterocycles. The number of halogens is 1. The second kappa shape index (κ2) is 4.77. The van der Waals surface area contributed by atoms with E-state index in [1.807, 2.05) is 37.4 Å². The Morgan fingerprint density at radius 1 is 1.20 bits per heavy atom. The van der Waals surface area contributed by atoms with E-state index in [0.717, 1.165) is 26.9 Å². The van der Waals surface area contributed by atoms with E-state index in [4.69, 9.17) is 5.26 Å². The largest absolute Gasteiger partial charge is 0.327 e. The van der Waals surface area contributed by atoms with Crippen molar-refractivity contribution in [3.63, 3.8) is 0 Å². The third kappa shape index (κ3) is 2.00. The molecule has 0 aliphatic carbocycles. The number of nitriles is 1. The number of fused-ring (bicyclic) bond motifs is 1. The van der Waals surface area contributed by atoms with Gasteiger partial charge in [0.1, 0.15) is 5.82 Å². The highest BCUT2D eigenvalue weighted by Crippen LogP contribution is 2.27. The Morgan fingerprint density at radius 3 is 2.70 bits per heavy atom. The van der Waals surface area contributed by atoms with Gasteiger partial charge in [0.15, 0.2) is 0 Å². The molecular weight excluding hydrogens is 314 g/mol. The molecule has 20 heavy (non-hydrogen) atoms. The van der Waals surface area contributed by atoms with E-state index in [-0.39, 0.29) is 0 Å². The zero-order valence-electron chi connectivity index (χ0n) is 11.2. The van der Waals surface area contributed by atoms with Gasteiger partial charge < -0.3 is 4.57 Å². The Labute approximate surface area is 125 Å². The van der Waals surface area contributed by atoms with Gasteiger partial charge in [0.05, 0.1) is 22.7 Å². The molecule has 3 rings (SSSR count). The number of nitrogens with zero attached hydrogens (tertiary/aromatic N) is 3. The fraction of sp³-hybridized carbons (Fsp3) is 0.125. The van der Waals surface area contributed by atoms with E-state index in [0.29, 0.717) is 5.56 Å². The maximum atomic E-state index is 8.97. The van der Waals surface area contributed by atoms with Crippen molar-refractivity contribution in [1.82, 2.24) is 9.55 Å². The lowest BCUT2D eigenvalue weighted by Gasteiger charge is -2.05. The van der Waals surface area contributed by atoms with Crippen molar-refractivity contribution >= 4 is 27.0 Å². The van der Waals surface area contributed by atoms with Gasteiger partial charge in [-0.25, -0.2) is 4.98 Å². The predicted molar refractivity (Wildman–Crippen MR) is 83.3 cm³/mol. The quantitative estimate of drug-likeness (QED) is 0.673. The molecule has 0 atom stereocenters. The molecule has 0 bridgehead atoms. The van der Waals surface area contributed by atoms with Gasteiger partial charge in [-0.1, -0.05) is 22.0 Å². The van der Waals surface area contributed by atoms with Crippen molar-refractivity contribution in [2.45, 2.75) is 6.92 Å². The molecule has 0 aliphatic heterocycles. The van der Waals surface area contributed by atoms with Crippen molar-refractivity contribution in [1.29, 1.82) is 5.26 Å². The van der Waals surface area contributed by atoms with E-state index >= 15 is 0 Å². The summed E-state index contributed by atoms with van der Waals surface area (Å²) >= 11 is 3.51. The molecule has 3 aromatic rings. The molecule has 3 nitrogen and oxygen atoms in total. The molecule has 0 spiro atoms. The van der Waals surface area contributed by atoms with Gasteiger partial charge in [-0.15, -0.1) is 0 Å². The Morgan fingerprint density at radius 2 is 2.00 bits per heavy atom. The lowest BCUT2D eigenvalue weighted by molar-refractivity contribution is 0.959. The lowest BCUT2D eigenvalue weighted by Crippen LogP contribution is -1.93. The van der Waals surface area contributed by atoms with Crippen LogP contribution >= 0.6 is 15.9 Å². The van der Waals surface area contributed by atoms with Crippen molar-refractivity contribution in [3.05, 3.63) is 52.0 Å². The molecular formula is C16H12BrN3. The number of hydrogen-bond donors (Lipinski definition) is 0. The number of rotatable bonds is 1. The highest BCUT2D eigenvalue weighted by molar-refractivity contribution is 9.10. The van der Waals surface area contributed by atoms with Gasteiger partial charge in [-0.3, -0.25) is 0 Å². The second-order valence-electron chi connectivity index (χ2n) is 4.77. The minimum absolute atomic E-state index is 0.633. The van der Waals surface area contributed by atoms with Crippen LogP contribution in [0.5, 0.6) is 0 Å². The van der Waals surface area contributed by atoms with Crippen LogP contribution in [0.3, 0.4) is 0 Å². The third-order valence-electron chi connectivity index (χ3n) is 3.43. The van der Waals surface area contributed by atoms with Crippen LogP contribution in [0.1, 0.15) is 11.1 Å². The SMILES string of the molecule is Cc1cc(-c2nc3cc(C#N)ccc3n2C)ccc1Br. The first-order valence-corrected chi connectivity index (χ1v) is 7.02. The molecule has 2 aromatic carbocycles. The summed E-state index contributed by atoms with van der Waals surface area (Å²) in [6.07, 6.45) is 0. The Balaban J connectivity index is 2.23. The Bertz CT molecular complexity index is 856. The molecule has 0 amide bonds. The van der Waals surface area contributed by atoms with Crippen LogP contribution in [-0.2, 0) is 7.05 Å². The molecule has 98 valence electrons. The molecule has 4 heteroatoms. The summed E-state index contributed by atoms with van der Waals surface area (Å²) in [6, 6.07) is 13.9. The highest BCUT2D eigenvalue weighted by atomic mass is 79.9. The van der Waals surface area contributed by atoms with E-state index in [1.54, 1.807) is 0 Å². The maximum absolute atomic E-state index is 8.97. The fourth-order valence-electron chi connectivity index (χ4n) is 2.31. The minimum atomic E-state index is 0.633. The standard InChI is InChI=1S/C16H12BrN3/c1-10-7-12(4-5-13(10)17)16-19-14-8-11(9-18)3-6-15(14)20(16)2/h3-8H,1-2H3. The van der Waals surface area contributed by atoms with Gasteiger partial charge >= 0.3 is 0 Å². The second-order valence-corrected chi connectivity index (χ2v) is 5.63. The molecule has 0 fully saturated rings. The van der Waals surface area contributed by atoms with Crippen LogP contribution in [-0.4, -0.2) is 9.55 Å². The van der Waals surface area contributed by atoms with Crippen molar-refractivity contribution in [2.24, 2.45) is 7.05 Å². The van der Waals surface area contributed by atoms with E-state index in [2.05, 4.69) is 44.5 Å². The lowest BCUT2D eigenvalue weighted by atomic mass is 10.1. The number of benzene rings is 2. The number of imidazole rings is 1. The van der Waals surface area contributed by atoms with Crippen LogP contribution in [0.4, 0.5) is 0 Å². The van der Waals surface area contributed by atoms with Crippen LogP contribution < -0.4 is 0 Å². The average Bonchev–Trinajstić information content (AvgIpc) is 2.78. The maximum Gasteiger partial charge on any atom is 0.140 e.